The quantitative estimate of drug-likeness (QED) is 0.734. The average molecular weight is 361 g/mol. The standard InChI is InChI=1S/C19H23NO6/c1-5-6-13-9-16(21)26-15-8-10(2)7-14(17(13)15)25-12(4)18(22)20-11(3)19(23)24/h7-9,11-12H,5-6H2,1-4H3,(H,20,22)(H,23,24). The smallest absolute Gasteiger partial charge is 0.336 e. The number of carboxylic acid groups (broad SMARTS) is 1. The van der Waals surface area contributed by atoms with Crippen molar-refractivity contribution in [3.05, 3.63) is 39.7 Å². The van der Waals surface area contributed by atoms with E-state index in [9.17, 15) is 14.4 Å². The minimum atomic E-state index is -1.13. The molecule has 2 N–H and O–H groups in total. The Kier molecular flexibility index (Phi) is 6.02. The Morgan fingerprint density at radius 2 is 1.96 bits per heavy atom. The number of aliphatic carboxylic acids is 1. The molecule has 2 unspecified atom stereocenters. The lowest BCUT2D eigenvalue weighted by Crippen LogP contribution is -2.44. The van der Waals surface area contributed by atoms with E-state index in [1.54, 1.807) is 12.1 Å². The van der Waals surface area contributed by atoms with E-state index < -0.39 is 29.6 Å². The molecule has 1 aromatic carbocycles. The van der Waals surface area contributed by atoms with Gasteiger partial charge in [0.15, 0.2) is 6.10 Å². The fourth-order valence-corrected chi connectivity index (χ4v) is 2.67. The van der Waals surface area contributed by atoms with Crippen LogP contribution in [0, 0.1) is 6.92 Å². The van der Waals surface area contributed by atoms with Crippen LogP contribution in [0.1, 0.15) is 38.3 Å². The summed E-state index contributed by atoms with van der Waals surface area (Å²) in [5, 5.41) is 11.9. The van der Waals surface area contributed by atoms with Crippen LogP contribution in [0.4, 0.5) is 0 Å². The molecule has 1 aromatic heterocycles. The minimum absolute atomic E-state index is 0.405. The third-order valence-electron chi connectivity index (χ3n) is 3.96. The Bertz CT molecular complexity index is 885. The molecule has 0 saturated carbocycles. The second-order valence-electron chi connectivity index (χ2n) is 6.31. The predicted octanol–water partition coefficient (Wildman–Crippen LogP) is 2.41. The van der Waals surface area contributed by atoms with Gasteiger partial charge in [0.2, 0.25) is 0 Å². The number of benzene rings is 1. The van der Waals surface area contributed by atoms with Gasteiger partial charge in [-0.15, -0.1) is 0 Å². The van der Waals surface area contributed by atoms with Crippen LogP contribution in [-0.2, 0) is 16.0 Å². The van der Waals surface area contributed by atoms with Crippen LogP contribution in [0.2, 0.25) is 0 Å². The maximum absolute atomic E-state index is 12.2. The molecule has 2 atom stereocenters. The lowest BCUT2D eigenvalue weighted by molar-refractivity contribution is -0.142. The van der Waals surface area contributed by atoms with Gasteiger partial charge < -0.3 is 19.6 Å². The van der Waals surface area contributed by atoms with E-state index in [1.807, 2.05) is 13.8 Å². The topological polar surface area (TPSA) is 106 Å². The number of carbonyl (C=O) groups is 2. The molecule has 7 heteroatoms. The fraction of sp³-hybridized carbons (Fsp3) is 0.421. The van der Waals surface area contributed by atoms with E-state index in [0.717, 1.165) is 17.5 Å². The van der Waals surface area contributed by atoms with Gasteiger partial charge in [0.25, 0.3) is 5.91 Å². The van der Waals surface area contributed by atoms with E-state index in [2.05, 4.69) is 5.32 Å². The number of hydrogen-bond donors (Lipinski definition) is 2. The summed E-state index contributed by atoms with van der Waals surface area (Å²) >= 11 is 0. The molecule has 0 aliphatic carbocycles. The first-order chi connectivity index (χ1) is 12.2. The summed E-state index contributed by atoms with van der Waals surface area (Å²) in [6.07, 6.45) is 0.583. The molecule has 0 spiro atoms. The molecule has 1 amide bonds. The number of fused-ring (bicyclic) bond motifs is 1. The number of amides is 1. The van der Waals surface area contributed by atoms with Gasteiger partial charge in [-0.2, -0.15) is 0 Å². The molecule has 0 radical (unpaired) electrons. The third-order valence-corrected chi connectivity index (χ3v) is 3.96. The van der Waals surface area contributed by atoms with E-state index >= 15 is 0 Å². The number of carbonyl (C=O) groups excluding carboxylic acids is 1. The van der Waals surface area contributed by atoms with Crippen LogP contribution in [0.5, 0.6) is 5.75 Å². The summed E-state index contributed by atoms with van der Waals surface area (Å²) in [4.78, 5) is 34.9. The summed E-state index contributed by atoms with van der Waals surface area (Å²) in [5.41, 5.74) is 1.58. The molecule has 2 rings (SSSR count). The first kappa shape index (κ1) is 19.5. The Labute approximate surface area is 151 Å². The Morgan fingerprint density at radius 3 is 2.58 bits per heavy atom. The summed E-state index contributed by atoms with van der Waals surface area (Å²) in [6.45, 7) is 6.74. The lowest BCUT2D eigenvalue weighted by atomic mass is 10.0. The van der Waals surface area contributed by atoms with Crippen molar-refractivity contribution in [2.24, 2.45) is 0 Å². The summed E-state index contributed by atoms with van der Waals surface area (Å²) in [7, 11) is 0. The summed E-state index contributed by atoms with van der Waals surface area (Å²) in [6, 6.07) is 3.94. The van der Waals surface area contributed by atoms with E-state index in [-0.39, 0.29) is 0 Å². The highest BCUT2D eigenvalue weighted by Gasteiger charge is 2.22. The number of ether oxygens (including phenoxy) is 1. The highest BCUT2D eigenvalue weighted by Crippen LogP contribution is 2.31. The van der Waals surface area contributed by atoms with Crippen molar-refractivity contribution < 1.29 is 23.8 Å². The lowest BCUT2D eigenvalue weighted by Gasteiger charge is -2.19. The molecule has 140 valence electrons. The highest BCUT2D eigenvalue weighted by molar-refractivity contribution is 5.89. The zero-order chi connectivity index (χ0) is 19.4. The zero-order valence-corrected chi connectivity index (χ0v) is 15.3. The second kappa shape index (κ2) is 8.03. The van der Waals surface area contributed by atoms with Crippen molar-refractivity contribution >= 4 is 22.8 Å². The Morgan fingerprint density at radius 1 is 1.27 bits per heavy atom. The summed E-state index contributed by atoms with van der Waals surface area (Å²) in [5.74, 6) is -1.24. The molecular weight excluding hydrogens is 338 g/mol. The van der Waals surface area contributed by atoms with Crippen LogP contribution >= 0.6 is 0 Å². The molecule has 0 saturated heterocycles. The van der Waals surface area contributed by atoms with Crippen LogP contribution < -0.4 is 15.7 Å². The molecule has 0 aliphatic heterocycles. The van der Waals surface area contributed by atoms with Gasteiger partial charge in [0.1, 0.15) is 17.4 Å². The van der Waals surface area contributed by atoms with Crippen LogP contribution in [-0.4, -0.2) is 29.1 Å². The maximum atomic E-state index is 12.2. The van der Waals surface area contributed by atoms with Gasteiger partial charge in [0, 0.05) is 6.07 Å². The number of nitrogens with one attached hydrogen (secondary N) is 1. The van der Waals surface area contributed by atoms with Crippen molar-refractivity contribution in [1.29, 1.82) is 0 Å². The number of carboxylic acids is 1. The van der Waals surface area contributed by atoms with E-state index in [1.165, 1.54) is 19.9 Å². The number of hydrogen-bond acceptors (Lipinski definition) is 5. The largest absolute Gasteiger partial charge is 0.480 e. The third kappa shape index (κ3) is 4.41. The van der Waals surface area contributed by atoms with Gasteiger partial charge >= 0.3 is 11.6 Å². The average Bonchev–Trinajstić information content (AvgIpc) is 2.53. The Hall–Kier alpha value is -2.83. The molecule has 7 nitrogen and oxygen atoms in total. The van der Waals surface area contributed by atoms with E-state index in [0.29, 0.717) is 23.1 Å². The molecule has 0 bridgehead atoms. The molecule has 0 aliphatic rings. The minimum Gasteiger partial charge on any atom is -0.480 e. The SMILES string of the molecule is CCCc1cc(=O)oc2cc(C)cc(OC(C)C(=O)NC(C)C(=O)O)c12. The second-order valence-corrected chi connectivity index (χ2v) is 6.31. The molecule has 0 fully saturated rings. The van der Waals surface area contributed by atoms with Crippen molar-refractivity contribution in [3.8, 4) is 5.75 Å². The Balaban J connectivity index is 2.40. The normalized spacial score (nSPS) is 13.2. The predicted molar refractivity (Wildman–Crippen MR) is 96.5 cm³/mol. The highest BCUT2D eigenvalue weighted by atomic mass is 16.5. The van der Waals surface area contributed by atoms with Crippen molar-refractivity contribution in [1.82, 2.24) is 5.32 Å². The monoisotopic (exact) mass is 361 g/mol. The fourth-order valence-electron chi connectivity index (χ4n) is 2.67. The van der Waals surface area contributed by atoms with Crippen molar-refractivity contribution in [3.63, 3.8) is 0 Å². The first-order valence-electron chi connectivity index (χ1n) is 8.50. The maximum Gasteiger partial charge on any atom is 0.336 e. The zero-order valence-electron chi connectivity index (χ0n) is 15.3. The van der Waals surface area contributed by atoms with Crippen LogP contribution in [0.25, 0.3) is 11.0 Å². The molecule has 1 heterocycles. The van der Waals surface area contributed by atoms with Crippen molar-refractivity contribution in [2.45, 2.75) is 52.7 Å². The van der Waals surface area contributed by atoms with Gasteiger partial charge in [0.05, 0.1) is 5.39 Å². The van der Waals surface area contributed by atoms with E-state index in [4.69, 9.17) is 14.3 Å². The van der Waals surface area contributed by atoms with Crippen molar-refractivity contribution in [2.75, 3.05) is 0 Å². The number of rotatable bonds is 7. The number of aryl methyl sites for hydroxylation is 2. The van der Waals surface area contributed by atoms with Gasteiger partial charge in [-0.25, -0.2) is 4.79 Å². The van der Waals surface area contributed by atoms with Crippen LogP contribution in [0.3, 0.4) is 0 Å². The van der Waals surface area contributed by atoms with Crippen LogP contribution in [0.15, 0.2) is 27.4 Å². The summed E-state index contributed by atoms with van der Waals surface area (Å²) < 4.78 is 11.1. The molecule has 26 heavy (non-hydrogen) atoms. The van der Waals surface area contributed by atoms with Gasteiger partial charge in [-0.1, -0.05) is 13.3 Å². The first-order valence-corrected chi connectivity index (χ1v) is 8.50. The van der Waals surface area contributed by atoms with Gasteiger partial charge in [-0.3, -0.25) is 9.59 Å². The molecule has 2 aromatic rings. The van der Waals surface area contributed by atoms with Gasteiger partial charge in [-0.05, 0) is 50.5 Å². The molecular formula is C19H23NO6.